The second-order valence-corrected chi connectivity index (χ2v) is 4.05. The molecule has 0 aromatic carbocycles. The SMILES string of the molecule is CCN(CC1(C#N)CC1)C(C)C. The van der Waals surface area contributed by atoms with Crippen LogP contribution < -0.4 is 0 Å². The summed E-state index contributed by atoms with van der Waals surface area (Å²) in [5, 5.41) is 8.91. The van der Waals surface area contributed by atoms with E-state index < -0.39 is 0 Å². The highest BCUT2D eigenvalue weighted by Gasteiger charge is 2.44. The molecule has 12 heavy (non-hydrogen) atoms. The molecule has 1 aliphatic carbocycles. The van der Waals surface area contributed by atoms with Crippen LogP contribution in [0.2, 0.25) is 0 Å². The van der Waals surface area contributed by atoms with E-state index in [1.54, 1.807) is 0 Å². The van der Waals surface area contributed by atoms with Crippen molar-refractivity contribution >= 4 is 0 Å². The topological polar surface area (TPSA) is 27.0 Å². The molecule has 1 rings (SSSR count). The van der Waals surface area contributed by atoms with Crippen LogP contribution in [0, 0.1) is 16.7 Å². The number of nitrogens with zero attached hydrogens (tertiary/aromatic N) is 2. The van der Waals surface area contributed by atoms with Gasteiger partial charge in [0.25, 0.3) is 0 Å². The summed E-state index contributed by atoms with van der Waals surface area (Å²) in [5.74, 6) is 0. The van der Waals surface area contributed by atoms with E-state index in [9.17, 15) is 0 Å². The summed E-state index contributed by atoms with van der Waals surface area (Å²) in [5.41, 5.74) is 0.0281. The lowest BCUT2D eigenvalue weighted by Crippen LogP contribution is -2.35. The second-order valence-electron chi connectivity index (χ2n) is 4.05. The van der Waals surface area contributed by atoms with Gasteiger partial charge in [-0.1, -0.05) is 6.92 Å². The minimum absolute atomic E-state index is 0.0281. The zero-order valence-corrected chi connectivity index (χ0v) is 8.30. The van der Waals surface area contributed by atoms with Crippen molar-refractivity contribution in [1.29, 1.82) is 5.26 Å². The molecule has 0 aromatic rings. The summed E-state index contributed by atoms with van der Waals surface area (Å²) in [6.45, 7) is 8.57. The molecule has 0 aromatic heterocycles. The summed E-state index contributed by atoms with van der Waals surface area (Å²) in [6, 6.07) is 3.00. The highest BCUT2D eigenvalue weighted by molar-refractivity contribution is 5.11. The van der Waals surface area contributed by atoms with Gasteiger partial charge in [0.2, 0.25) is 0 Å². The molecule has 2 nitrogen and oxygen atoms in total. The van der Waals surface area contributed by atoms with Gasteiger partial charge in [0.15, 0.2) is 0 Å². The molecule has 0 N–H and O–H groups in total. The van der Waals surface area contributed by atoms with Gasteiger partial charge in [-0.2, -0.15) is 5.26 Å². The first kappa shape index (κ1) is 9.54. The fraction of sp³-hybridized carbons (Fsp3) is 0.900. The molecule has 0 atom stereocenters. The molecular formula is C10H18N2. The summed E-state index contributed by atoms with van der Waals surface area (Å²) >= 11 is 0. The van der Waals surface area contributed by atoms with Gasteiger partial charge >= 0.3 is 0 Å². The van der Waals surface area contributed by atoms with E-state index in [1.165, 1.54) is 0 Å². The zero-order valence-electron chi connectivity index (χ0n) is 8.30. The zero-order chi connectivity index (χ0) is 9.19. The first-order valence-electron chi connectivity index (χ1n) is 4.79. The van der Waals surface area contributed by atoms with E-state index in [0.29, 0.717) is 6.04 Å². The molecular weight excluding hydrogens is 148 g/mol. The van der Waals surface area contributed by atoms with Crippen molar-refractivity contribution in [3.63, 3.8) is 0 Å². The van der Waals surface area contributed by atoms with E-state index in [1.807, 2.05) is 0 Å². The molecule has 0 unspecified atom stereocenters. The molecule has 0 aliphatic heterocycles. The van der Waals surface area contributed by atoms with Crippen molar-refractivity contribution < 1.29 is 0 Å². The molecule has 1 saturated carbocycles. The predicted molar refractivity (Wildman–Crippen MR) is 49.7 cm³/mol. The summed E-state index contributed by atoms with van der Waals surface area (Å²) in [4.78, 5) is 2.37. The van der Waals surface area contributed by atoms with Gasteiger partial charge in [-0.05, 0) is 33.2 Å². The first-order chi connectivity index (χ1) is 5.63. The van der Waals surface area contributed by atoms with Gasteiger partial charge in [0.1, 0.15) is 0 Å². The Bertz CT molecular complexity index is 187. The minimum atomic E-state index is 0.0281. The Morgan fingerprint density at radius 3 is 2.33 bits per heavy atom. The molecule has 1 aliphatic rings. The lowest BCUT2D eigenvalue weighted by molar-refractivity contribution is 0.206. The van der Waals surface area contributed by atoms with Crippen molar-refractivity contribution in [1.82, 2.24) is 4.90 Å². The Hall–Kier alpha value is -0.550. The first-order valence-corrected chi connectivity index (χ1v) is 4.79. The molecule has 0 radical (unpaired) electrons. The normalized spacial score (nSPS) is 19.7. The number of hydrogen-bond donors (Lipinski definition) is 0. The van der Waals surface area contributed by atoms with E-state index in [4.69, 9.17) is 5.26 Å². The molecule has 0 heterocycles. The van der Waals surface area contributed by atoms with Crippen LogP contribution in [0.4, 0.5) is 0 Å². The Morgan fingerprint density at radius 2 is 2.08 bits per heavy atom. The maximum atomic E-state index is 8.91. The van der Waals surface area contributed by atoms with Gasteiger partial charge in [-0.25, -0.2) is 0 Å². The fourth-order valence-corrected chi connectivity index (χ4v) is 1.50. The highest BCUT2D eigenvalue weighted by Crippen LogP contribution is 2.45. The third-order valence-corrected chi connectivity index (χ3v) is 2.73. The standard InChI is InChI=1S/C10H18N2/c1-4-12(9(2)3)8-10(7-11)5-6-10/h9H,4-6,8H2,1-3H3. The summed E-state index contributed by atoms with van der Waals surface area (Å²) in [7, 11) is 0. The second kappa shape index (κ2) is 3.45. The third-order valence-electron chi connectivity index (χ3n) is 2.73. The van der Waals surface area contributed by atoms with E-state index in [0.717, 1.165) is 25.9 Å². The predicted octanol–water partition coefficient (Wildman–Crippen LogP) is 2.02. The van der Waals surface area contributed by atoms with Crippen LogP contribution in [-0.2, 0) is 0 Å². The lowest BCUT2D eigenvalue weighted by Gasteiger charge is -2.26. The molecule has 0 amide bonds. The quantitative estimate of drug-likeness (QED) is 0.639. The molecule has 0 saturated heterocycles. The van der Waals surface area contributed by atoms with Crippen LogP contribution in [0.25, 0.3) is 0 Å². The van der Waals surface area contributed by atoms with E-state index in [2.05, 4.69) is 31.7 Å². The lowest BCUT2D eigenvalue weighted by atomic mass is 10.1. The monoisotopic (exact) mass is 166 g/mol. The maximum absolute atomic E-state index is 8.91. The molecule has 0 bridgehead atoms. The highest BCUT2D eigenvalue weighted by atomic mass is 15.2. The van der Waals surface area contributed by atoms with Crippen molar-refractivity contribution in [2.45, 2.75) is 39.7 Å². The van der Waals surface area contributed by atoms with Gasteiger partial charge in [0.05, 0.1) is 11.5 Å². The van der Waals surface area contributed by atoms with Crippen molar-refractivity contribution in [2.24, 2.45) is 5.41 Å². The van der Waals surface area contributed by atoms with Gasteiger partial charge in [0, 0.05) is 12.6 Å². The van der Waals surface area contributed by atoms with Crippen LogP contribution in [0.5, 0.6) is 0 Å². The van der Waals surface area contributed by atoms with Crippen molar-refractivity contribution in [3.05, 3.63) is 0 Å². The third kappa shape index (κ3) is 1.98. The number of nitriles is 1. The Kier molecular flexibility index (Phi) is 2.74. The number of hydrogen-bond acceptors (Lipinski definition) is 2. The average molecular weight is 166 g/mol. The van der Waals surface area contributed by atoms with Crippen LogP contribution in [0.1, 0.15) is 33.6 Å². The van der Waals surface area contributed by atoms with E-state index in [-0.39, 0.29) is 5.41 Å². The number of rotatable bonds is 4. The summed E-state index contributed by atoms with van der Waals surface area (Å²) < 4.78 is 0. The Balaban J connectivity index is 2.43. The Labute approximate surface area is 75.2 Å². The van der Waals surface area contributed by atoms with Crippen LogP contribution in [-0.4, -0.2) is 24.0 Å². The van der Waals surface area contributed by atoms with Gasteiger partial charge in [-0.15, -0.1) is 0 Å². The summed E-state index contributed by atoms with van der Waals surface area (Å²) in [6.07, 6.45) is 2.21. The fourth-order valence-electron chi connectivity index (χ4n) is 1.50. The molecule has 2 heteroatoms. The van der Waals surface area contributed by atoms with E-state index >= 15 is 0 Å². The smallest absolute Gasteiger partial charge is 0.0703 e. The molecule has 0 spiro atoms. The van der Waals surface area contributed by atoms with Gasteiger partial charge in [-0.3, -0.25) is 4.90 Å². The van der Waals surface area contributed by atoms with Crippen molar-refractivity contribution in [3.8, 4) is 6.07 Å². The minimum Gasteiger partial charge on any atom is -0.300 e. The average Bonchev–Trinajstić information content (AvgIpc) is 2.80. The van der Waals surface area contributed by atoms with Gasteiger partial charge < -0.3 is 0 Å². The van der Waals surface area contributed by atoms with Crippen molar-refractivity contribution in [2.75, 3.05) is 13.1 Å². The van der Waals surface area contributed by atoms with Crippen LogP contribution >= 0.6 is 0 Å². The molecule has 1 fully saturated rings. The molecule has 68 valence electrons. The maximum Gasteiger partial charge on any atom is 0.0703 e. The van der Waals surface area contributed by atoms with Crippen LogP contribution in [0.15, 0.2) is 0 Å². The van der Waals surface area contributed by atoms with Crippen LogP contribution in [0.3, 0.4) is 0 Å². The Morgan fingerprint density at radius 1 is 1.50 bits per heavy atom. The largest absolute Gasteiger partial charge is 0.300 e.